The lowest BCUT2D eigenvalue weighted by molar-refractivity contribution is 0.392. The van der Waals surface area contributed by atoms with Crippen molar-refractivity contribution in [2.45, 2.75) is 39.7 Å². The summed E-state index contributed by atoms with van der Waals surface area (Å²) in [6.45, 7) is 9.62. The van der Waals surface area contributed by atoms with Gasteiger partial charge in [-0.25, -0.2) is 0 Å². The van der Waals surface area contributed by atoms with E-state index >= 15 is 0 Å². The number of rotatable bonds is 3. The van der Waals surface area contributed by atoms with Gasteiger partial charge in [-0.05, 0) is 43.9 Å². The largest absolute Gasteiger partial charge is 0.369 e. The Kier molecular flexibility index (Phi) is 3.33. The van der Waals surface area contributed by atoms with Gasteiger partial charge in [0, 0.05) is 5.69 Å². The number of nitrogens with zero attached hydrogens (tertiary/aromatic N) is 2. The van der Waals surface area contributed by atoms with Gasteiger partial charge in [-0.3, -0.25) is 4.99 Å². The number of anilines is 1. The molecule has 0 amide bonds. The van der Waals surface area contributed by atoms with Crippen molar-refractivity contribution in [1.29, 1.82) is 0 Å². The molecule has 0 saturated heterocycles. The number of nitrogens with two attached hydrogens (primary N) is 1. The van der Waals surface area contributed by atoms with Crippen molar-refractivity contribution >= 4 is 11.6 Å². The second-order valence-electron chi connectivity index (χ2n) is 5.94. The van der Waals surface area contributed by atoms with Gasteiger partial charge in [0.15, 0.2) is 5.96 Å². The summed E-state index contributed by atoms with van der Waals surface area (Å²) in [5.41, 5.74) is 8.49. The summed E-state index contributed by atoms with van der Waals surface area (Å²) in [7, 11) is 0. The van der Waals surface area contributed by atoms with Crippen LogP contribution in [-0.4, -0.2) is 18.0 Å². The zero-order valence-corrected chi connectivity index (χ0v) is 11.8. The van der Waals surface area contributed by atoms with E-state index in [1.54, 1.807) is 0 Å². The minimum absolute atomic E-state index is 0.00600. The lowest BCUT2D eigenvalue weighted by Gasteiger charge is -2.37. The first-order chi connectivity index (χ1) is 8.42. The van der Waals surface area contributed by atoms with E-state index in [4.69, 9.17) is 5.73 Å². The van der Waals surface area contributed by atoms with E-state index in [9.17, 15) is 0 Å². The van der Waals surface area contributed by atoms with Crippen LogP contribution in [0, 0.1) is 12.8 Å². The molecule has 98 valence electrons. The maximum atomic E-state index is 6.09. The average molecular weight is 245 g/mol. The monoisotopic (exact) mass is 245 g/mol. The van der Waals surface area contributed by atoms with Crippen LogP contribution in [0.3, 0.4) is 0 Å². The molecule has 1 aliphatic heterocycles. The van der Waals surface area contributed by atoms with Crippen LogP contribution in [0.15, 0.2) is 29.3 Å². The number of hydrogen-bond acceptors (Lipinski definition) is 3. The van der Waals surface area contributed by atoms with Gasteiger partial charge in [0.05, 0.1) is 12.1 Å². The maximum Gasteiger partial charge on any atom is 0.196 e. The fraction of sp³-hybridized carbons (Fsp3) is 0.533. The molecule has 0 spiro atoms. The highest BCUT2D eigenvalue weighted by atomic mass is 15.4. The Labute approximate surface area is 110 Å². The first kappa shape index (κ1) is 12.9. The van der Waals surface area contributed by atoms with Crippen LogP contribution in [0.25, 0.3) is 0 Å². The maximum absolute atomic E-state index is 6.09. The Hall–Kier alpha value is -1.51. The number of aliphatic imine (C=N–C) groups is 1. The van der Waals surface area contributed by atoms with Crippen LogP contribution in [0.2, 0.25) is 0 Å². The molecule has 1 aromatic carbocycles. The van der Waals surface area contributed by atoms with E-state index in [1.807, 2.05) is 0 Å². The Morgan fingerprint density at radius 2 is 2.17 bits per heavy atom. The first-order valence-electron chi connectivity index (χ1n) is 6.59. The molecule has 2 rings (SSSR count). The second-order valence-corrected chi connectivity index (χ2v) is 5.94. The molecule has 18 heavy (non-hydrogen) atoms. The lowest BCUT2D eigenvalue weighted by atomic mass is 9.89. The molecule has 1 aliphatic rings. The quantitative estimate of drug-likeness (QED) is 0.889. The van der Waals surface area contributed by atoms with E-state index in [2.05, 4.69) is 61.9 Å². The molecule has 0 saturated carbocycles. The normalized spacial score (nSPS) is 23.6. The van der Waals surface area contributed by atoms with Crippen molar-refractivity contribution in [3.05, 3.63) is 29.8 Å². The summed E-state index contributed by atoms with van der Waals surface area (Å²) in [4.78, 5) is 6.64. The van der Waals surface area contributed by atoms with Crippen LogP contribution in [0.4, 0.5) is 5.69 Å². The molecule has 3 nitrogen and oxygen atoms in total. The highest BCUT2D eigenvalue weighted by Crippen LogP contribution is 2.33. The summed E-state index contributed by atoms with van der Waals surface area (Å²) in [5.74, 6) is 1.27. The van der Waals surface area contributed by atoms with E-state index in [0.717, 1.165) is 18.7 Å². The fourth-order valence-corrected chi connectivity index (χ4v) is 2.92. The van der Waals surface area contributed by atoms with Crippen molar-refractivity contribution in [3.8, 4) is 0 Å². The summed E-state index contributed by atoms with van der Waals surface area (Å²) in [6, 6.07) is 8.46. The molecule has 2 N–H and O–H groups in total. The average Bonchev–Trinajstić information content (AvgIpc) is 2.53. The number of hydrogen-bond donors (Lipinski definition) is 1. The smallest absolute Gasteiger partial charge is 0.196 e. The molecule has 1 heterocycles. The minimum atomic E-state index is 0.00600. The van der Waals surface area contributed by atoms with Crippen LogP contribution in [-0.2, 0) is 0 Å². The molecule has 1 aromatic rings. The minimum Gasteiger partial charge on any atom is -0.369 e. The molecule has 3 heteroatoms. The van der Waals surface area contributed by atoms with Crippen molar-refractivity contribution in [1.82, 2.24) is 0 Å². The molecule has 0 aromatic heterocycles. The number of guanidine groups is 1. The van der Waals surface area contributed by atoms with Crippen LogP contribution >= 0.6 is 0 Å². The van der Waals surface area contributed by atoms with E-state index in [-0.39, 0.29) is 5.54 Å². The Morgan fingerprint density at radius 3 is 2.78 bits per heavy atom. The zero-order valence-electron chi connectivity index (χ0n) is 11.8. The van der Waals surface area contributed by atoms with Gasteiger partial charge in [0.1, 0.15) is 0 Å². The third-order valence-electron chi connectivity index (χ3n) is 3.46. The highest BCUT2D eigenvalue weighted by molar-refractivity contribution is 5.98. The van der Waals surface area contributed by atoms with Gasteiger partial charge >= 0.3 is 0 Å². The van der Waals surface area contributed by atoms with Gasteiger partial charge in [0.25, 0.3) is 0 Å². The topological polar surface area (TPSA) is 41.6 Å². The predicted molar refractivity (Wildman–Crippen MR) is 78.0 cm³/mol. The third kappa shape index (κ3) is 2.35. The molecular weight excluding hydrogens is 222 g/mol. The van der Waals surface area contributed by atoms with E-state index in [1.165, 1.54) is 5.56 Å². The standard InChI is InChI=1S/C15H23N3/c1-11(2)9-15(4)10-17-14(16)18(15)13-7-5-6-12(3)8-13/h5-8,11H,9-10H2,1-4H3,(H2,16,17). The molecule has 1 unspecified atom stereocenters. The number of aryl methyl sites for hydroxylation is 1. The molecule has 0 fully saturated rings. The van der Waals surface area contributed by atoms with Crippen LogP contribution < -0.4 is 10.6 Å². The summed E-state index contributed by atoms with van der Waals surface area (Å²) in [5, 5.41) is 0. The van der Waals surface area contributed by atoms with Gasteiger partial charge in [-0.1, -0.05) is 26.0 Å². The SMILES string of the molecule is Cc1cccc(N2C(N)=NCC2(C)CC(C)C)c1. The summed E-state index contributed by atoms with van der Waals surface area (Å²) in [6.07, 6.45) is 1.09. The third-order valence-corrected chi connectivity index (χ3v) is 3.46. The molecule has 1 atom stereocenters. The zero-order chi connectivity index (χ0) is 13.3. The lowest BCUT2D eigenvalue weighted by Crippen LogP contribution is -2.50. The van der Waals surface area contributed by atoms with Crippen molar-refractivity contribution in [2.24, 2.45) is 16.6 Å². The first-order valence-corrected chi connectivity index (χ1v) is 6.59. The van der Waals surface area contributed by atoms with Crippen molar-refractivity contribution in [2.75, 3.05) is 11.4 Å². The molecule has 0 bridgehead atoms. The predicted octanol–water partition coefficient (Wildman–Crippen LogP) is 2.93. The van der Waals surface area contributed by atoms with Gasteiger partial charge in [-0.15, -0.1) is 0 Å². The molecule has 0 radical (unpaired) electrons. The Bertz CT molecular complexity index is 465. The highest BCUT2D eigenvalue weighted by Gasteiger charge is 2.39. The van der Waals surface area contributed by atoms with Gasteiger partial charge in [0.2, 0.25) is 0 Å². The van der Waals surface area contributed by atoms with Crippen LogP contribution in [0.5, 0.6) is 0 Å². The second kappa shape index (κ2) is 4.63. The Balaban J connectivity index is 2.36. The van der Waals surface area contributed by atoms with Gasteiger partial charge < -0.3 is 10.6 Å². The van der Waals surface area contributed by atoms with Crippen LogP contribution in [0.1, 0.15) is 32.8 Å². The number of benzene rings is 1. The fourth-order valence-electron chi connectivity index (χ4n) is 2.92. The summed E-state index contributed by atoms with van der Waals surface area (Å²) < 4.78 is 0. The van der Waals surface area contributed by atoms with Crippen molar-refractivity contribution < 1.29 is 0 Å². The van der Waals surface area contributed by atoms with Crippen molar-refractivity contribution in [3.63, 3.8) is 0 Å². The molecular formula is C15H23N3. The van der Waals surface area contributed by atoms with E-state index < -0.39 is 0 Å². The van der Waals surface area contributed by atoms with Gasteiger partial charge in [-0.2, -0.15) is 0 Å². The molecule has 0 aliphatic carbocycles. The summed E-state index contributed by atoms with van der Waals surface area (Å²) >= 11 is 0. The Morgan fingerprint density at radius 1 is 1.44 bits per heavy atom. The van der Waals surface area contributed by atoms with E-state index in [0.29, 0.717) is 11.9 Å².